The summed E-state index contributed by atoms with van der Waals surface area (Å²) < 4.78 is 0. The predicted octanol–water partition coefficient (Wildman–Crippen LogP) is 3.41. The number of rotatable bonds is 6. The van der Waals surface area contributed by atoms with Crippen molar-refractivity contribution in [2.75, 3.05) is 32.7 Å². The molecule has 0 saturated carbocycles. The molecule has 3 rings (SSSR count). The van der Waals surface area contributed by atoms with Crippen molar-refractivity contribution in [3.05, 3.63) is 35.5 Å². The van der Waals surface area contributed by atoms with Gasteiger partial charge < -0.3 is 4.90 Å². The number of nitrogens with zero attached hydrogens (tertiary/aromatic N) is 2. The van der Waals surface area contributed by atoms with Gasteiger partial charge in [-0.25, -0.2) is 0 Å². The van der Waals surface area contributed by atoms with Crippen LogP contribution in [0.5, 0.6) is 0 Å². The number of fused-ring (bicyclic) bond motifs is 2. The summed E-state index contributed by atoms with van der Waals surface area (Å²) in [6.07, 6.45) is 5.67. The first kappa shape index (κ1) is 15.3. The van der Waals surface area contributed by atoms with Crippen molar-refractivity contribution in [2.24, 2.45) is 0 Å². The number of anilines is 1. The van der Waals surface area contributed by atoms with E-state index in [9.17, 15) is 0 Å². The number of benzene rings is 1. The SMILES string of the molecule is CN(C)CCCONc1c2c(nc3ccccc13)CCCC2. The maximum Gasteiger partial charge on any atom is 0.0758 e. The lowest BCUT2D eigenvalue weighted by Gasteiger charge is -2.21. The number of hydrogen-bond acceptors (Lipinski definition) is 4. The molecule has 1 aliphatic rings. The number of aryl methyl sites for hydroxylation is 1. The van der Waals surface area contributed by atoms with Gasteiger partial charge in [-0.1, -0.05) is 18.2 Å². The predicted molar refractivity (Wildman–Crippen MR) is 91.1 cm³/mol. The standard InChI is InChI=1S/C18H25N3O/c1-21(2)12-7-13-22-20-18-14-8-3-5-10-16(14)19-17-11-6-4-9-15(17)18/h3,5,8,10H,4,6-7,9,11-13H2,1-2H3,(H,19,20). The van der Waals surface area contributed by atoms with Crippen LogP contribution < -0.4 is 5.48 Å². The molecule has 2 aromatic rings. The summed E-state index contributed by atoms with van der Waals surface area (Å²) in [6.45, 7) is 1.75. The van der Waals surface area contributed by atoms with Crippen molar-refractivity contribution < 1.29 is 4.84 Å². The number of aromatic nitrogens is 1. The average molecular weight is 299 g/mol. The van der Waals surface area contributed by atoms with Crippen molar-refractivity contribution in [2.45, 2.75) is 32.1 Å². The summed E-state index contributed by atoms with van der Waals surface area (Å²) >= 11 is 0. The van der Waals surface area contributed by atoms with Gasteiger partial charge >= 0.3 is 0 Å². The zero-order chi connectivity index (χ0) is 15.4. The van der Waals surface area contributed by atoms with Crippen molar-refractivity contribution in [1.29, 1.82) is 0 Å². The third-order valence-corrected chi connectivity index (χ3v) is 4.20. The van der Waals surface area contributed by atoms with Crippen molar-refractivity contribution in [3.8, 4) is 0 Å². The minimum absolute atomic E-state index is 0.712. The van der Waals surface area contributed by atoms with E-state index in [0.29, 0.717) is 6.61 Å². The van der Waals surface area contributed by atoms with Crippen LogP contribution >= 0.6 is 0 Å². The molecule has 1 heterocycles. The zero-order valence-electron chi connectivity index (χ0n) is 13.6. The van der Waals surface area contributed by atoms with Crippen LogP contribution in [0.4, 0.5) is 5.69 Å². The average Bonchev–Trinajstić information content (AvgIpc) is 2.53. The minimum atomic E-state index is 0.712. The highest BCUT2D eigenvalue weighted by molar-refractivity contribution is 5.93. The van der Waals surface area contributed by atoms with Gasteiger partial charge in [-0.2, -0.15) is 0 Å². The van der Waals surface area contributed by atoms with Crippen LogP contribution in [0.25, 0.3) is 10.9 Å². The van der Waals surface area contributed by atoms with Gasteiger partial charge in [0.25, 0.3) is 0 Å². The third-order valence-electron chi connectivity index (χ3n) is 4.20. The normalized spacial score (nSPS) is 14.3. The van der Waals surface area contributed by atoms with Crippen LogP contribution in [0.2, 0.25) is 0 Å². The highest BCUT2D eigenvalue weighted by atomic mass is 16.6. The van der Waals surface area contributed by atoms with E-state index >= 15 is 0 Å². The second-order valence-corrected chi connectivity index (χ2v) is 6.24. The summed E-state index contributed by atoms with van der Waals surface area (Å²) in [5, 5.41) is 1.16. The number of nitrogens with one attached hydrogen (secondary N) is 1. The van der Waals surface area contributed by atoms with E-state index < -0.39 is 0 Å². The molecular weight excluding hydrogens is 274 g/mol. The van der Waals surface area contributed by atoms with Crippen LogP contribution in [0, 0.1) is 0 Å². The molecule has 0 saturated heterocycles. The molecule has 22 heavy (non-hydrogen) atoms. The fraction of sp³-hybridized carbons (Fsp3) is 0.500. The van der Waals surface area contributed by atoms with Crippen LogP contribution in [0.3, 0.4) is 0 Å². The Hall–Kier alpha value is -1.65. The van der Waals surface area contributed by atoms with E-state index in [0.717, 1.165) is 42.4 Å². The van der Waals surface area contributed by atoms with E-state index in [2.05, 4.69) is 42.7 Å². The van der Waals surface area contributed by atoms with Gasteiger partial charge in [0.1, 0.15) is 0 Å². The summed E-state index contributed by atoms with van der Waals surface area (Å²) in [6, 6.07) is 8.33. The summed E-state index contributed by atoms with van der Waals surface area (Å²) in [5.74, 6) is 0. The van der Waals surface area contributed by atoms with Crippen molar-refractivity contribution >= 4 is 16.6 Å². The van der Waals surface area contributed by atoms with E-state index in [1.165, 1.54) is 24.1 Å². The van der Waals surface area contributed by atoms with E-state index in [1.807, 2.05) is 6.07 Å². The first-order chi connectivity index (χ1) is 10.8. The van der Waals surface area contributed by atoms with Gasteiger partial charge in [-0.05, 0) is 64.4 Å². The van der Waals surface area contributed by atoms with E-state index in [4.69, 9.17) is 9.82 Å². The Morgan fingerprint density at radius 3 is 2.86 bits per heavy atom. The number of hydrogen-bond donors (Lipinski definition) is 1. The van der Waals surface area contributed by atoms with Gasteiger partial charge in [0.2, 0.25) is 0 Å². The van der Waals surface area contributed by atoms with E-state index in [-0.39, 0.29) is 0 Å². The molecule has 0 radical (unpaired) electrons. The quantitative estimate of drug-likeness (QED) is 0.655. The third kappa shape index (κ3) is 3.39. The molecule has 0 amide bonds. The topological polar surface area (TPSA) is 37.4 Å². The Labute approximate surface area is 132 Å². The molecule has 4 nitrogen and oxygen atoms in total. The Bertz CT molecular complexity index is 640. The second-order valence-electron chi connectivity index (χ2n) is 6.24. The molecule has 118 valence electrons. The van der Waals surface area contributed by atoms with Gasteiger partial charge in [-0.15, -0.1) is 0 Å². The molecule has 0 aliphatic heterocycles. The summed E-state index contributed by atoms with van der Waals surface area (Å²) in [5.41, 5.74) is 8.00. The fourth-order valence-electron chi connectivity index (χ4n) is 3.07. The molecule has 1 aromatic heterocycles. The molecule has 4 heteroatoms. The molecule has 0 unspecified atom stereocenters. The molecule has 1 aliphatic carbocycles. The Morgan fingerprint density at radius 2 is 2.00 bits per heavy atom. The first-order valence-electron chi connectivity index (χ1n) is 8.19. The molecular formula is C18H25N3O. The lowest BCUT2D eigenvalue weighted by Crippen LogP contribution is -2.17. The molecule has 0 fully saturated rings. The monoisotopic (exact) mass is 299 g/mol. The van der Waals surface area contributed by atoms with Crippen LogP contribution in [0.15, 0.2) is 24.3 Å². The molecule has 0 bridgehead atoms. The highest BCUT2D eigenvalue weighted by Gasteiger charge is 2.18. The summed E-state index contributed by atoms with van der Waals surface area (Å²) in [4.78, 5) is 12.8. The zero-order valence-corrected chi connectivity index (χ0v) is 13.6. The van der Waals surface area contributed by atoms with Crippen molar-refractivity contribution in [3.63, 3.8) is 0 Å². The Morgan fingerprint density at radius 1 is 1.18 bits per heavy atom. The van der Waals surface area contributed by atoms with Gasteiger partial charge in [0, 0.05) is 11.1 Å². The smallest absolute Gasteiger partial charge is 0.0758 e. The highest BCUT2D eigenvalue weighted by Crippen LogP contribution is 2.33. The maximum atomic E-state index is 5.74. The maximum absolute atomic E-state index is 5.74. The Balaban J connectivity index is 1.80. The number of para-hydroxylation sites is 1. The van der Waals surface area contributed by atoms with Crippen LogP contribution in [-0.2, 0) is 17.7 Å². The fourth-order valence-corrected chi connectivity index (χ4v) is 3.07. The molecule has 1 aromatic carbocycles. The van der Waals surface area contributed by atoms with Gasteiger partial charge in [0.05, 0.1) is 17.8 Å². The first-order valence-corrected chi connectivity index (χ1v) is 8.19. The van der Waals surface area contributed by atoms with Crippen molar-refractivity contribution in [1.82, 2.24) is 9.88 Å². The molecule has 1 N–H and O–H groups in total. The van der Waals surface area contributed by atoms with E-state index in [1.54, 1.807) is 0 Å². The van der Waals surface area contributed by atoms with Crippen LogP contribution in [-0.4, -0.2) is 37.1 Å². The lowest BCUT2D eigenvalue weighted by molar-refractivity contribution is 0.180. The molecule has 0 atom stereocenters. The number of pyridine rings is 1. The van der Waals surface area contributed by atoms with Crippen LogP contribution in [0.1, 0.15) is 30.5 Å². The summed E-state index contributed by atoms with van der Waals surface area (Å²) in [7, 11) is 4.17. The second kappa shape index (κ2) is 7.07. The Kier molecular flexibility index (Phi) is 4.90. The van der Waals surface area contributed by atoms with Gasteiger partial charge in [-0.3, -0.25) is 15.3 Å². The molecule has 0 spiro atoms. The lowest BCUT2D eigenvalue weighted by atomic mass is 9.93. The largest absolute Gasteiger partial charge is 0.309 e. The minimum Gasteiger partial charge on any atom is -0.309 e. The van der Waals surface area contributed by atoms with Gasteiger partial charge in [0.15, 0.2) is 0 Å².